The molecular weight excluding hydrogens is 928 g/mol. The smallest absolute Gasteiger partial charge is 0.0462 e. The first-order valence-corrected chi connectivity index (χ1v) is 25.4. The molecule has 0 bridgehead atoms. The molecule has 0 atom stereocenters. The van der Waals surface area contributed by atoms with E-state index in [1.807, 2.05) is 24.3 Å². The maximum atomic E-state index is 6.41. The molecule has 0 aliphatic heterocycles. The van der Waals surface area contributed by atoms with E-state index in [2.05, 4.69) is 265 Å². The Kier molecular flexibility index (Phi) is 12.6. The van der Waals surface area contributed by atoms with Gasteiger partial charge in [-0.15, -0.1) is 0 Å². The Balaban J connectivity index is 0.784. The van der Waals surface area contributed by atoms with Crippen molar-refractivity contribution in [2.75, 3.05) is 9.80 Å². The first-order valence-electron chi connectivity index (χ1n) is 24.7. The van der Waals surface area contributed by atoms with Gasteiger partial charge < -0.3 is 9.80 Å². The summed E-state index contributed by atoms with van der Waals surface area (Å²) in [5.41, 5.74) is 23.7. The van der Waals surface area contributed by atoms with E-state index in [9.17, 15) is 0 Å². The molecule has 4 heteroatoms. The number of halogens is 2. The van der Waals surface area contributed by atoms with Crippen molar-refractivity contribution in [2.45, 2.75) is 6.42 Å². The lowest BCUT2D eigenvalue weighted by molar-refractivity contribution is 1.14. The first-order chi connectivity index (χ1) is 36.0. The molecule has 0 saturated carbocycles. The standard InChI is InChI=1S/C69H48Cl2N2/c70-54-31-43-60(44-32-54)72(56-35-23-48(24-36-56)11-9-21-64-62-15-3-1-13-52(62)47-53-14-2-4-16-63(53)64)58-39-27-50(28-40-58)51-29-41-59(42-30-51)73(61-45-33-55(71)34-46-61)57-37-25-49(26-38-57)12-10-22-69-67-19-7-5-17-65(67)66-18-6-8-20-68(66)69/h1-46H,47H2. The molecule has 0 unspecified atom stereocenters. The Morgan fingerprint density at radius 3 is 0.945 bits per heavy atom. The summed E-state index contributed by atoms with van der Waals surface area (Å²) in [4.78, 5) is 4.53. The molecule has 0 aromatic heterocycles. The quantitative estimate of drug-likeness (QED) is 0.127. The summed E-state index contributed by atoms with van der Waals surface area (Å²) in [6.07, 6.45) is 14.1. The Hall–Kier alpha value is -8.66. The van der Waals surface area contributed by atoms with Crippen molar-refractivity contribution in [1.82, 2.24) is 0 Å². The van der Waals surface area contributed by atoms with E-state index in [-0.39, 0.29) is 0 Å². The molecule has 10 aromatic rings. The van der Waals surface area contributed by atoms with Gasteiger partial charge in [0.05, 0.1) is 0 Å². The van der Waals surface area contributed by atoms with Gasteiger partial charge >= 0.3 is 0 Å². The van der Waals surface area contributed by atoms with Crippen molar-refractivity contribution >= 4 is 80.6 Å². The van der Waals surface area contributed by atoms with E-state index in [1.54, 1.807) is 0 Å². The van der Waals surface area contributed by atoms with Gasteiger partial charge in [-0.25, -0.2) is 0 Å². The minimum absolute atomic E-state index is 0.700. The molecule has 73 heavy (non-hydrogen) atoms. The van der Waals surface area contributed by atoms with Crippen LogP contribution < -0.4 is 9.80 Å². The molecule has 12 rings (SSSR count). The van der Waals surface area contributed by atoms with Crippen LogP contribution in [-0.2, 0) is 6.42 Å². The van der Waals surface area contributed by atoms with Crippen molar-refractivity contribution < 1.29 is 0 Å². The molecule has 0 N–H and O–H groups in total. The second-order valence-corrected chi connectivity index (χ2v) is 19.2. The van der Waals surface area contributed by atoms with Gasteiger partial charge in [-0.3, -0.25) is 0 Å². The monoisotopic (exact) mass is 974 g/mol. The summed E-state index contributed by atoms with van der Waals surface area (Å²) in [6.45, 7) is 0. The van der Waals surface area contributed by atoms with Crippen LogP contribution in [0.15, 0.2) is 267 Å². The zero-order valence-electron chi connectivity index (χ0n) is 39.9. The predicted molar refractivity (Wildman–Crippen MR) is 311 cm³/mol. The van der Waals surface area contributed by atoms with E-state index in [1.165, 1.54) is 55.7 Å². The van der Waals surface area contributed by atoms with E-state index in [0.717, 1.165) is 62.8 Å². The number of anilines is 6. The number of allylic oxidation sites excluding steroid dienone is 4. The lowest BCUT2D eigenvalue weighted by atomic mass is 9.82. The summed E-state index contributed by atoms with van der Waals surface area (Å²) in [5, 5.41) is 1.40. The van der Waals surface area contributed by atoms with Crippen LogP contribution >= 0.6 is 23.2 Å². The van der Waals surface area contributed by atoms with Gasteiger partial charge in [0.1, 0.15) is 0 Å². The van der Waals surface area contributed by atoms with Crippen molar-refractivity contribution in [3.8, 4) is 22.3 Å². The van der Waals surface area contributed by atoms with Gasteiger partial charge in [0, 0.05) is 44.2 Å². The van der Waals surface area contributed by atoms with E-state index < -0.39 is 0 Å². The number of hydrogen-bond donors (Lipinski definition) is 0. The maximum absolute atomic E-state index is 6.41. The number of benzene rings is 10. The molecule has 10 aromatic carbocycles. The topological polar surface area (TPSA) is 6.48 Å². The third-order valence-electron chi connectivity index (χ3n) is 13.9. The van der Waals surface area contributed by atoms with Crippen LogP contribution in [0.5, 0.6) is 0 Å². The maximum Gasteiger partial charge on any atom is 0.0462 e. The Labute approximate surface area is 438 Å². The third kappa shape index (κ3) is 9.39. The number of hydrogen-bond acceptors (Lipinski definition) is 2. The van der Waals surface area contributed by atoms with Gasteiger partial charge in [-0.1, -0.05) is 205 Å². The SMILES string of the molecule is Clc1ccc(N(c2ccc(C=CC=C3c4ccccc4Cc4ccccc43)cc2)c2ccc(-c3ccc(N(c4ccc(Cl)cc4)c4ccc(C=CC=C5c6ccccc6-c6ccccc65)cc4)cc3)cc2)cc1. The molecular formula is C69H48Cl2N2. The second kappa shape index (κ2) is 20.2. The Morgan fingerprint density at radius 2 is 0.575 bits per heavy atom. The van der Waals surface area contributed by atoms with Crippen LogP contribution in [0.3, 0.4) is 0 Å². The van der Waals surface area contributed by atoms with Gasteiger partial charge in [0.2, 0.25) is 0 Å². The van der Waals surface area contributed by atoms with Crippen molar-refractivity contribution in [2.24, 2.45) is 0 Å². The molecule has 0 saturated heterocycles. The minimum atomic E-state index is 0.700. The van der Waals surface area contributed by atoms with Gasteiger partial charge in [0.15, 0.2) is 0 Å². The van der Waals surface area contributed by atoms with Crippen LogP contribution in [0.2, 0.25) is 10.0 Å². The molecule has 0 radical (unpaired) electrons. The van der Waals surface area contributed by atoms with Gasteiger partial charge in [-0.2, -0.15) is 0 Å². The highest BCUT2D eigenvalue weighted by Crippen LogP contribution is 2.44. The van der Waals surface area contributed by atoms with Crippen LogP contribution in [0.1, 0.15) is 44.5 Å². The molecule has 2 nitrogen and oxygen atoms in total. The third-order valence-corrected chi connectivity index (χ3v) is 14.4. The number of rotatable bonds is 11. The molecule has 0 amide bonds. The van der Waals surface area contributed by atoms with Crippen LogP contribution in [0.4, 0.5) is 34.1 Å². The van der Waals surface area contributed by atoms with Crippen LogP contribution in [0.25, 0.3) is 45.6 Å². The molecule has 2 aliphatic carbocycles. The minimum Gasteiger partial charge on any atom is -0.311 e. The van der Waals surface area contributed by atoms with Crippen molar-refractivity contribution in [1.29, 1.82) is 0 Å². The molecule has 0 fully saturated rings. The highest BCUT2D eigenvalue weighted by atomic mass is 35.5. The highest BCUT2D eigenvalue weighted by Gasteiger charge is 2.22. The fourth-order valence-corrected chi connectivity index (χ4v) is 10.5. The number of fused-ring (bicyclic) bond motifs is 5. The molecule has 2 aliphatic rings. The Morgan fingerprint density at radius 1 is 0.288 bits per heavy atom. The number of nitrogens with zero attached hydrogens (tertiary/aromatic N) is 2. The van der Waals surface area contributed by atoms with Gasteiger partial charge in [-0.05, 0) is 181 Å². The predicted octanol–water partition coefficient (Wildman–Crippen LogP) is 19.8. The summed E-state index contributed by atoms with van der Waals surface area (Å²) in [5.74, 6) is 0. The summed E-state index contributed by atoms with van der Waals surface area (Å²) < 4.78 is 0. The Bertz CT molecular complexity index is 3640. The van der Waals surface area contributed by atoms with E-state index in [4.69, 9.17) is 23.2 Å². The molecule has 0 spiro atoms. The first kappa shape index (κ1) is 45.5. The lowest BCUT2D eigenvalue weighted by Crippen LogP contribution is -2.10. The zero-order chi connectivity index (χ0) is 49.1. The van der Waals surface area contributed by atoms with Crippen molar-refractivity contribution in [3.63, 3.8) is 0 Å². The van der Waals surface area contributed by atoms with Crippen molar-refractivity contribution in [3.05, 3.63) is 322 Å². The van der Waals surface area contributed by atoms with Crippen LogP contribution in [0, 0.1) is 0 Å². The summed E-state index contributed by atoms with van der Waals surface area (Å²) in [6, 6.07) is 85.8. The fraction of sp³-hybridized carbons (Fsp3) is 0.0145. The van der Waals surface area contributed by atoms with E-state index in [0.29, 0.717) is 10.0 Å². The largest absolute Gasteiger partial charge is 0.311 e. The van der Waals surface area contributed by atoms with Gasteiger partial charge in [0.25, 0.3) is 0 Å². The van der Waals surface area contributed by atoms with Crippen LogP contribution in [-0.4, -0.2) is 0 Å². The average Bonchev–Trinajstić information content (AvgIpc) is 3.76. The normalized spacial score (nSPS) is 12.3. The molecule has 0 heterocycles. The summed E-state index contributed by atoms with van der Waals surface area (Å²) >= 11 is 12.8. The molecule has 348 valence electrons. The lowest BCUT2D eigenvalue weighted by Gasteiger charge is -2.26. The highest BCUT2D eigenvalue weighted by molar-refractivity contribution is 6.31. The average molecular weight is 976 g/mol. The fourth-order valence-electron chi connectivity index (χ4n) is 10.3. The van der Waals surface area contributed by atoms with E-state index >= 15 is 0 Å². The zero-order valence-corrected chi connectivity index (χ0v) is 41.4. The second-order valence-electron chi connectivity index (χ2n) is 18.4. The summed E-state index contributed by atoms with van der Waals surface area (Å²) in [7, 11) is 0.